The van der Waals surface area contributed by atoms with Gasteiger partial charge in [-0.25, -0.2) is 0 Å². The lowest BCUT2D eigenvalue weighted by Gasteiger charge is -2.61. The molecule has 5 rings (SSSR count). The monoisotopic (exact) mass is 542 g/mol. The predicted molar refractivity (Wildman–Crippen MR) is 153 cm³/mol. The number of ether oxygens (including phenoxy) is 1. The zero-order valence-electron chi connectivity index (χ0n) is 21.6. The van der Waals surface area contributed by atoms with Crippen molar-refractivity contribution in [3.8, 4) is 0 Å². The average Bonchev–Trinajstić information content (AvgIpc) is 2.96. The Labute approximate surface area is 233 Å². The second kappa shape index (κ2) is 11.6. The van der Waals surface area contributed by atoms with Crippen molar-refractivity contribution in [1.29, 1.82) is 0 Å². The Morgan fingerprint density at radius 3 is 1.44 bits per heavy atom. The summed E-state index contributed by atoms with van der Waals surface area (Å²) in [5.74, 6) is 0. The van der Waals surface area contributed by atoms with Gasteiger partial charge >= 0.3 is 0 Å². The molecule has 0 unspecified atom stereocenters. The molecule has 5 atom stereocenters. The third-order valence-electron chi connectivity index (χ3n) is 7.73. The van der Waals surface area contributed by atoms with Gasteiger partial charge in [0.2, 0.25) is 0 Å². The van der Waals surface area contributed by atoms with E-state index in [9.17, 15) is 20.4 Å². The van der Waals surface area contributed by atoms with Gasteiger partial charge in [0.1, 0.15) is 28.3 Å². The molecule has 4 N–H and O–H groups in total. The molecule has 0 aliphatic carbocycles. The van der Waals surface area contributed by atoms with Crippen LogP contribution in [0.1, 0.15) is 16.7 Å². The van der Waals surface area contributed by atoms with Crippen LogP contribution in [-0.2, 0) is 24.0 Å². The molecular weight excluding hydrogens is 508 g/mol. The van der Waals surface area contributed by atoms with Crippen LogP contribution in [0.5, 0.6) is 0 Å². The van der Waals surface area contributed by atoms with Crippen molar-refractivity contribution in [2.75, 3.05) is 6.61 Å². The molecule has 6 heteroatoms. The summed E-state index contributed by atoms with van der Waals surface area (Å²) in [6, 6.07) is 37.6. The van der Waals surface area contributed by atoms with Crippen molar-refractivity contribution in [3.05, 3.63) is 138 Å². The van der Waals surface area contributed by atoms with E-state index in [0.717, 1.165) is 21.6 Å². The number of benzene rings is 4. The number of thioether (sulfide) groups is 1. The first-order valence-corrected chi connectivity index (χ1v) is 14.0. The molecular formula is C33H34O5S. The van der Waals surface area contributed by atoms with Crippen LogP contribution in [0, 0.1) is 0 Å². The van der Waals surface area contributed by atoms with Crippen molar-refractivity contribution in [1.82, 2.24) is 0 Å². The summed E-state index contributed by atoms with van der Waals surface area (Å²) in [6.45, 7) is -0.534. The molecule has 0 amide bonds. The van der Waals surface area contributed by atoms with Crippen molar-refractivity contribution in [3.63, 3.8) is 0 Å². The maximum Gasteiger partial charge on any atom is 0.140 e. The minimum absolute atomic E-state index is 0.0247. The second-order valence-corrected chi connectivity index (χ2v) is 11.4. The molecule has 1 aliphatic rings. The fourth-order valence-corrected chi connectivity index (χ4v) is 6.88. The summed E-state index contributed by atoms with van der Waals surface area (Å²) in [4.78, 5) is 0.834. The SMILES string of the molecule is OC[C@H]1O[C@@H](Sc2ccccc2)[C@@](O)(Cc2ccccc2)[C@](O)(Cc2ccccc2)[C@@]1(O)Cc1ccccc1. The van der Waals surface area contributed by atoms with Crippen LogP contribution in [0.4, 0.5) is 0 Å². The maximum atomic E-state index is 12.9. The largest absolute Gasteiger partial charge is 0.394 e. The Bertz CT molecular complexity index is 1320. The highest BCUT2D eigenvalue weighted by Gasteiger charge is 2.71. The molecule has 0 aromatic heterocycles. The molecule has 1 saturated heterocycles. The molecule has 4 aromatic rings. The third-order valence-corrected chi connectivity index (χ3v) is 8.99. The van der Waals surface area contributed by atoms with Gasteiger partial charge in [-0.15, -0.1) is 0 Å². The third kappa shape index (κ3) is 5.41. The summed E-state index contributed by atoms with van der Waals surface area (Å²) >= 11 is 1.28. The van der Waals surface area contributed by atoms with E-state index in [-0.39, 0.29) is 19.3 Å². The van der Waals surface area contributed by atoms with Gasteiger partial charge in [-0.3, -0.25) is 0 Å². The zero-order chi connectivity index (χ0) is 27.3. The number of hydrogen-bond donors (Lipinski definition) is 4. The smallest absolute Gasteiger partial charge is 0.140 e. The van der Waals surface area contributed by atoms with E-state index in [2.05, 4.69) is 0 Å². The number of aliphatic hydroxyl groups excluding tert-OH is 1. The first-order valence-electron chi connectivity index (χ1n) is 13.1. The molecule has 39 heavy (non-hydrogen) atoms. The van der Waals surface area contributed by atoms with E-state index >= 15 is 0 Å². The topological polar surface area (TPSA) is 90.2 Å². The van der Waals surface area contributed by atoms with Crippen LogP contribution >= 0.6 is 11.8 Å². The molecule has 0 spiro atoms. The zero-order valence-corrected chi connectivity index (χ0v) is 22.5. The Hall–Kier alpha value is -2.97. The summed E-state index contributed by atoms with van der Waals surface area (Å²) in [5.41, 5.74) is -4.81. The number of rotatable bonds is 9. The maximum absolute atomic E-state index is 12.9. The van der Waals surface area contributed by atoms with Gasteiger partial charge in [0.15, 0.2) is 0 Å². The summed E-state index contributed by atoms with van der Waals surface area (Å²) < 4.78 is 6.40. The molecule has 5 nitrogen and oxygen atoms in total. The van der Waals surface area contributed by atoms with E-state index in [0.29, 0.717) is 0 Å². The van der Waals surface area contributed by atoms with Crippen molar-refractivity contribution in [2.45, 2.75) is 52.5 Å². The van der Waals surface area contributed by atoms with Crippen LogP contribution < -0.4 is 0 Å². The van der Waals surface area contributed by atoms with Gasteiger partial charge in [-0.2, -0.15) is 0 Å². The van der Waals surface area contributed by atoms with E-state index in [1.54, 1.807) is 0 Å². The molecule has 1 heterocycles. The summed E-state index contributed by atoms with van der Waals surface area (Å²) in [6.07, 6.45) is -1.21. The average molecular weight is 543 g/mol. The van der Waals surface area contributed by atoms with Crippen LogP contribution in [0.25, 0.3) is 0 Å². The summed E-state index contributed by atoms with van der Waals surface area (Å²) in [5, 5.41) is 48.9. The van der Waals surface area contributed by atoms with Gasteiger partial charge in [0.25, 0.3) is 0 Å². The van der Waals surface area contributed by atoms with E-state index in [4.69, 9.17) is 4.74 Å². The lowest BCUT2D eigenvalue weighted by molar-refractivity contribution is -0.342. The van der Waals surface area contributed by atoms with Crippen LogP contribution in [-0.4, -0.2) is 55.4 Å². The molecule has 4 aromatic carbocycles. The van der Waals surface area contributed by atoms with Crippen LogP contribution in [0.2, 0.25) is 0 Å². The lowest BCUT2D eigenvalue weighted by Crippen LogP contribution is -2.81. The molecule has 0 saturated carbocycles. The Morgan fingerprint density at radius 1 is 0.564 bits per heavy atom. The van der Waals surface area contributed by atoms with Gasteiger partial charge < -0.3 is 25.2 Å². The quantitative estimate of drug-likeness (QED) is 0.251. The first kappa shape index (κ1) is 27.6. The lowest BCUT2D eigenvalue weighted by atomic mass is 9.60. The molecule has 202 valence electrons. The normalized spacial score (nSPS) is 28.7. The number of aliphatic hydroxyl groups is 4. The van der Waals surface area contributed by atoms with Gasteiger partial charge in [0.05, 0.1) is 6.61 Å². The van der Waals surface area contributed by atoms with Crippen molar-refractivity contribution >= 4 is 11.8 Å². The van der Waals surface area contributed by atoms with Crippen molar-refractivity contribution < 1.29 is 25.2 Å². The molecule has 1 fully saturated rings. The second-order valence-electron chi connectivity index (χ2n) is 10.3. The van der Waals surface area contributed by atoms with Crippen LogP contribution in [0.15, 0.2) is 126 Å². The standard InChI is InChI=1S/C33H34O5S/c34-24-29-31(35,21-25-13-5-1-6-14-25)33(37,23-27-17-9-3-10-18-27)32(36,22-26-15-7-2-8-16-26)30(38-29)39-28-19-11-4-12-20-28/h1-20,29-30,34-37H,21-24H2/t29-,30+,31-,32+,33+/m1/s1. The molecule has 0 radical (unpaired) electrons. The number of hydrogen-bond acceptors (Lipinski definition) is 6. The van der Waals surface area contributed by atoms with Gasteiger partial charge in [0, 0.05) is 24.2 Å². The highest BCUT2D eigenvalue weighted by atomic mass is 32.2. The fraction of sp³-hybridized carbons (Fsp3) is 0.273. The molecule has 1 aliphatic heterocycles. The minimum atomic E-state index is -2.12. The van der Waals surface area contributed by atoms with E-state index in [1.165, 1.54) is 11.8 Å². The Morgan fingerprint density at radius 2 is 0.974 bits per heavy atom. The Balaban J connectivity index is 1.69. The summed E-state index contributed by atoms with van der Waals surface area (Å²) in [7, 11) is 0. The van der Waals surface area contributed by atoms with Gasteiger partial charge in [-0.05, 0) is 28.8 Å². The highest BCUT2D eigenvalue weighted by molar-refractivity contribution is 7.99. The predicted octanol–water partition coefficient (Wildman–Crippen LogP) is 4.42. The first-order chi connectivity index (χ1) is 18.9. The minimum Gasteiger partial charge on any atom is -0.394 e. The van der Waals surface area contributed by atoms with E-state index < -0.39 is 34.9 Å². The Kier molecular flexibility index (Phi) is 8.24. The van der Waals surface area contributed by atoms with Crippen molar-refractivity contribution in [2.24, 2.45) is 0 Å². The van der Waals surface area contributed by atoms with E-state index in [1.807, 2.05) is 121 Å². The fourth-order valence-electron chi connectivity index (χ4n) is 5.65. The van der Waals surface area contributed by atoms with Gasteiger partial charge in [-0.1, -0.05) is 121 Å². The molecule has 0 bridgehead atoms. The van der Waals surface area contributed by atoms with Crippen LogP contribution in [0.3, 0.4) is 0 Å². The highest BCUT2D eigenvalue weighted by Crippen LogP contribution is 2.53.